The van der Waals surface area contributed by atoms with Gasteiger partial charge in [0.1, 0.15) is 0 Å². The maximum atomic E-state index is 11.2. The van der Waals surface area contributed by atoms with E-state index in [4.69, 9.17) is 0 Å². The van der Waals surface area contributed by atoms with E-state index in [0.29, 0.717) is 0 Å². The van der Waals surface area contributed by atoms with Crippen molar-refractivity contribution in [2.45, 2.75) is 0 Å². The summed E-state index contributed by atoms with van der Waals surface area (Å²) in [5, 5.41) is 0. The summed E-state index contributed by atoms with van der Waals surface area (Å²) >= 11 is 4.38. The lowest BCUT2D eigenvalue weighted by Gasteiger charge is -1.88. The van der Waals surface area contributed by atoms with Gasteiger partial charge < -0.3 is 0 Å². The van der Waals surface area contributed by atoms with E-state index in [1.54, 1.807) is 0 Å². The van der Waals surface area contributed by atoms with Crippen molar-refractivity contribution in [2.24, 2.45) is 0 Å². The van der Waals surface area contributed by atoms with E-state index < -0.39 is 7.03 Å². The lowest BCUT2D eigenvalue weighted by atomic mass is 11.8. The predicted octanol–water partition coefficient (Wildman–Crippen LogP) is 1.95. The second kappa shape index (κ2) is 1.92. The van der Waals surface area contributed by atoms with Gasteiger partial charge in [-0.1, -0.05) is 0 Å². The number of rotatable bonds is 1. The van der Waals surface area contributed by atoms with Crippen molar-refractivity contribution in [1.82, 2.24) is 0 Å². The van der Waals surface area contributed by atoms with Crippen molar-refractivity contribution in [1.29, 1.82) is 0 Å². The Hall–Kier alpha value is 0.410. The first-order chi connectivity index (χ1) is 2.56. The van der Waals surface area contributed by atoms with Crippen LogP contribution in [0.2, 0.25) is 0 Å². The topological polar surface area (TPSA) is 26.3 Å². The highest BCUT2D eigenvalue weighted by molar-refractivity contribution is 7.81. The summed E-state index contributed by atoms with van der Waals surface area (Å²) in [5.41, 5.74) is 0. The highest BCUT2D eigenvalue weighted by atomic mass is 35.7. The molecule has 0 aromatic carbocycles. The maximum Gasteiger partial charge on any atom is 0.460 e. The Labute approximate surface area is 39.6 Å². The van der Waals surface area contributed by atoms with Crippen molar-refractivity contribution in [2.75, 3.05) is 7.11 Å². The van der Waals surface area contributed by atoms with E-state index in [2.05, 4.69) is 15.8 Å². The summed E-state index contributed by atoms with van der Waals surface area (Å²) in [6.07, 6.45) is 0. The van der Waals surface area contributed by atoms with Gasteiger partial charge >= 0.3 is 7.03 Å². The average molecular weight is 132 g/mol. The van der Waals surface area contributed by atoms with E-state index >= 15 is 0 Å². The van der Waals surface area contributed by atoms with Crippen molar-refractivity contribution in [3.8, 4) is 0 Å². The minimum absolute atomic E-state index is 0.938. The molecule has 0 amide bonds. The molecule has 0 spiro atoms. The van der Waals surface area contributed by atoms with E-state index in [1.807, 2.05) is 0 Å². The molecule has 0 N–H and O–H groups in total. The molecule has 0 fully saturated rings. The minimum atomic E-state index is -4.17. The van der Waals surface area contributed by atoms with E-state index in [1.165, 1.54) is 0 Å². The fourth-order valence-electron chi connectivity index (χ4n) is 0. The van der Waals surface area contributed by atoms with Gasteiger partial charge in [0.05, 0.1) is 0 Å². The van der Waals surface area contributed by atoms with E-state index in [9.17, 15) is 8.76 Å². The van der Waals surface area contributed by atoms with Crippen LogP contribution in [0.4, 0.5) is 4.20 Å². The summed E-state index contributed by atoms with van der Waals surface area (Å²) in [4.78, 5) is 0. The quantitative estimate of drug-likeness (QED) is 0.510. The molecule has 0 saturated carbocycles. The molecular weight excluding hydrogens is 129 g/mol. The summed E-state index contributed by atoms with van der Waals surface area (Å²) in [7, 11) is -3.24. The fourth-order valence-corrected chi connectivity index (χ4v) is 0. The first kappa shape index (κ1) is 6.41. The Bertz CT molecular complexity index is 77.6. The second-order valence-corrected chi connectivity index (χ2v) is 3.00. The van der Waals surface area contributed by atoms with Crippen LogP contribution in [0.3, 0.4) is 0 Å². The fraction of sp³-hybridized carbons (Fsp3) is 1.00. The molecule has 0 heterocycles. The van der Waals surface area contributed by atoms with Crippen molar-refractivity contribution in [3.05, 3.63) is 0 Å². The normalized spacial score (nSPS) is 19.8. The molecule has 0 aliphatic heterocycles. The van der Waals surface area contributed by atoms with Crippen LogP contribution in [0.5, 0.6) is 0 Å². The van der Waals surface area contributed by atoms with Crippen LogP contribution in [-0.4, -0.2) is 7.11 Å². The Morgan fingerprint density at radius 1 is 2.00 bits per heavy atom. The average Bonchev–Trinajstić information content (AvgIpc) is 1.35. The minimum Gasteiger partial charge on any atom is -0.297 e. The highest BCUT2D eigenvalue weighted by Gasteiger charge is 2.11. The molecule has 0 aromatic rings. The third-order valence-corrected chi connectivity index (χ3v) is 1.05. The zero-order chi connectivity index (χ0) is 5.21. The Kier molecular flexibility index (Phi) is 2.05. The summed E-state index contributed by atoms with van der Waals surface area (Å²) in [5.74, 6) is 0. The smallest absolute Gasteiger partial charge is 0.297 e. The van der Waals surface area contributed by atoms with Crippen LogP contribution in [0.25, 0.3) is 0 Å². The van der Waals surface area contributed by atoms with Crippen LogP contribution in [0.1, 0.15) is 0 Å². The van der Waals surface area contributed by atoms with Gasteiger partial charge in [-0.05, 0) is 0 Å². The van der Waals surface area contributed by atoms with Gasteiger partial charge in [0.25, 0.3) is 0 Å². The molecule has 1 unspecified atom stereocenters. The maximum absolute atomic E-state index is 11.2. The largest absolute Gasteiger partial charge is 0.460 e. The third-order valence-electron chi connectivity index (χ3n) is 0.213. The molecule has 0 radical (unpaired) electrons. The molecule has 2 nitrogen and oxygen atoms in total. The number of hydrogen-bond acceptors (Lipinski definition) is 2. The van der Waals surface area contributed by atoms with Gasteiger partial charge in [-0.15, -0.1) is 4.20 Å². The SMILES string of the molecule is COP(=O)(F)Cl. The Balaban J connectivity index is 3.48. The lowest BCUT2D eigenvalue weighted by Crippen LogP contribution is -1.61. The number of hydrogen-bond donors (Lipinski definition) is 0. The van der Waals surface area contributed by atoms with Gasteiger partial charge in [0.15, 0.2) is 0 Å². The van der Waals surface area contributed by atoms with Gasteiger partial charge in [0, 0.05) is 18.4 Å². The molecule has 0 rings (SSSR count). The summed E-state index contributed by atoms with van der Waals surface area (Å²) in [6.45, 7) is 0. The summed E-state index contributed by atoms with van der Waals surface area (Å²) < 4.78 is 24.3. The summed E-state index contributed by atoms with van der Waals surface area (Å²) in [6, 6.07) is 0. The zero-order valence-corrected chi connectivity index (χ0v) is 4.67. The molecule has 0 saturated heterocycles. The molecule has 1 atom stereocenters. The standard InChI is InChI=1S/CH3ClFO2P/c1-5-6(2,3)4/h1H3. The van der Waals surface area contributed by atoms with Crippen molar-refractivity contribution >= 4 is 18.3 Å². The molecule has 0 bridgehead atoms. The van der Waals surface area contributed by atoms with Crippen molar-refractivity contribution in [3.63, 3.8) is 0 Å². The Morgan fingerprint density at radius 2 is 2.17 bits per heavy atom. The van der Waals surface area contributed by atoms with E-state index in [0.717, 1.165) is 7.11 Å². The van der Waals surface area contributed by atoms with Crippen LogP contribution in [-0.2, 0) is 9.09 Å². The van der Waals surface area contributed by atoms with Gasteiger partial charge in [-0.25, -0.2) is 4.57 Å². The van der Waals surface area contributed by atoms with Gasteiger partial charge in [-0.2, -0.15) is 0 Å². The van der Waals surface area contributed by atoms with Crippen molar-refractivity contribution < 1.29 is 13.3 Å². The highest BCUT2D eigenvalue weighted by Crippen LogP contribution is 2.52. The number of halogens is 2. The molecule has 5 heteroatoms. The van der Waals surface area contributed by atoms with E-state index in [-0.39, 0.29) is 0 Å². The van der Waals surface area contributed by atoms with Gasteiger partial charge in [-0.3, -0.25) is 4.52 Å². The first-order valence-corrected chi connectivity index (χ1v) is 3.53. The van der Waals surface area contributed by atoms with Crippen LogP contribution in [0.15, 0.2) is 0 Å². The molecule has 0 aliphatic carbocycles. The lowest BCUT2D eigenvalue weighted by molar-refractivity contribution is 0.373. The molecule has 6 heavy (non-hydrogen) atoms. The molecule has 0 aromatic heterocycles. The third kappa shape index (κ3) is 4.41. The zero-order valence-electron chi connectivity index (χ0n) is 3.02. The monoisotopic (exact) mass is 132 g/mol. The molecular formula is CH3ClFO2P. The first-order valence-electron chi connectivity index (χ1n) is 1.11. The van der Waals surface area contributed by atoms with Crippen LogP contribution >= 0.6 is 18.3 Å². The molecule has 0 aliphatic rings. The molecule has 38 valence electrons. The van der Waals surface area contributed by atoms with Crippen LogP contribution in [0, 0.1) is 0 Å². The van der Waals surface area contributed by atoms with Crippen LogP contribution < -0.4 is 0 Å². The Morgan fingerprint density at radius 3 is 2.17 bits per heavy atom. The second-order valence-electron chi connectivity index (χ2n) is 0.597. The van der Waals surface area contributed by atoms with Gasteiger partial charge in [0.2, 0.25) is 0 Å². The predicted molar refractivity (Wildman–Crippen MR) is 21.6 cm³/mol.